The van der Waals surface area contributed by atoms with Crippen molar-refractivity contribution in [2.45, 2.75) is 32.3 Å². The van der Waals surface area contributed by atoms with Crippen LogP contribution in [0.15, 0.2) is 18.2 Å². The van der Waals surface area contributed by atoms with E-state index in [-0.39, 0.29) is 11.9 Å². The fraction of sp³-hybridized carbons (Fsp3) is 0.357. The first-order valence-electron chi connectivity index (χ1n) is 6.09. The number of hydrogen-bond acceptors (Lipinski definition) is 3. The first kappa shape index (κ1) is 11.8. The number of aromatic nitrogens is 1. The zero-order valence-electron chi connectivity index (χ0n) is 10.1. The number of nitrogens with zero attached hydrogens (tertiary/aromatic N) is 1. The number of aliphatic hydroxyl groups is 1. The number of hydrogen-bond donors (Lipinski definition) is 1. The predicted octanol–water partition coefficient (Wildman–Crippen LogP) is 3.63. The Morgan fingerprint density at radius 2 is 2.28 bits per heavy atom. The number of aryl methyl sites for hydroxylation is 2. The number of aliphatic hydroxyl groups excluding tert-OH is 1. The molecule has 2 nitrogen and oxygen atoms in total. The van der Waals surface area contributed by atoms with Crippen LogP contribution in [0.25, 0.3) is 10.6 Å². The molecule has 1 N–H and O–H groups in total. The Morgan fingerprint density at radius 3 is 3.00 bits per heavy atom. The van der Waals surface area contributed by atoms with Crippen molar-refractivity contribution in [3.8, 4) is 10.6 Å². The quantitative estimate of drug-likeness (QED) is 0.852. The molecule has 18 heavy (non-hydrogen) atoms. The van der Waals surface area contributed by atoms with Crippen molar-refractivity contribution in [3.05, 3.63) is 40.2 Å². The van der Waals surface area contributed by atoms with Crippen molar-refractivity contribution in [2.75, 3.05) is 0 Å². The smallest absolute Gasteiger partial charge is 0.126 e. The highest BCUT2D eigenvalue weighted by molar-refractivity contribution is 7.15. The molecule has 0 saturated carbocycles. The second-order valence-electron chi connectivity index (χ2n) is 4.70. The fourth-order valence-corrected chi connectivity index (χ4v) is 3.43. The third kappa shape index (κ3) is 1.95. The van der Waals surface area contributed by atoms with E-state index in [0.717, 1.165) is 40.4 Å². The van der Waals surface area contributed by atoms with Crippen molar-refractivity contribution in [1.82, 2.24) is 4.98 Å². The molecular formula is C14H14FNOS. The predicted molar refractivity (Wildman–Crippen MR) is 70.1 cm³/mol. The van der Waals surface area contributed by atoms with Gasteiger partial charge in [-0.2, -0.15) is 0 Å². The second kappa shape index (κ2) is 4.44. The van der Waals surface area contributed by atoms with Crippen LogP contribution in [0.5, 0.6) is 0 Å². The zero-order valence-corrected chi connectivity index (χ0v) is 10.9. The summed E-state index contributed by atoms with van der Waals surface area (Å²) in [5.41, 5.74) is 2.57. The molecule has 0 saturated heterocycles. The van der Waals surface area contributed by atoms with Crippen LogP contribution in [0, 0.1) is 12.7 Å². The molecule has 1 aromatic heterocycles. The van der Waals surface area contributed by atoms with E-state index < -0.39 is 0 Å². The van der Waals surface area contributed by atoms with Crippen LogP contribution in [0.4, 0.5) is 4.39 Å². The van der Waals surface area contributed by atoms with Gasteiger partial charge in [0, 0.05) is 5.56 Å². The average molecular weight is 263 g/mol. The lowest BCUT2D eigenvalue weighted by atomic mass is 10.0. The largest absolute Gasteiger partial charge is 0.388 e. The molecule has 2 aromatic rings. The van der Waals surface area contributed by atoms with Gasteiger partial charge in [-0.15, -0.1) is 11.3 Å². The molecule has 94 valence electrons. The first-order chi connectivity index (χ1) is 8.65. The molecule has 0 spiro atoms. The van der Waals surface area contributed by atoms with Gasteiger partial charge < -0.3 is 5.11 Å². The summed E-state index contributed by atoms with van der Waals surface area (Å²) < 4.78 is 13.2. The fourth-order valence-electron chi connectivity index (χ4n) is 2.30. The van der Waals surface area contributed by atoms with E-state index in [4.69, 9.17) is 0 Å². The molecule has 0 amide bonds. The van der Waals surface area contributed by atoms with Gasteiger partial charge in [-0.1, -0.05) is 0 Å². The lowest BCUT2D eigenvalue weighted by Gasteiger charge is -2.14. The molecule has 0 radical (unpaired) electrons. The monoisotopic (exact) mass is 263 g/mol. The van der Waals surface area contributed by atoms with Crippen LogP contribution in [0.1, 0.15) is 35.1 Å². The molecular weight excluding hydrogens is 249 g/mol. The maximum absolute atomic E-state index is 13.2. The van der Waals surface area contributed by atoms with Gasteiger partial charge >= 0.3 is 0 Å². The maximum Gasteiger partial charge on any atom is 0.126 e. The van der Waals surface area contributed by atoms with Crippen LogP contribution in [0.2, 0.25) is 0 Å². The van der Waals surface area contributed by atoms with Gasteiger partial charge in [-0.3, -0.25) is 0 Å². The van der Waals surface area contributed by atoms with E-state index in [1.54, 1.807) is 13.0 Å². The summed E-state index contributed by atoms with van der Waals surface area (Å²) in [7, 11) is 0. The van der Waals surface area contributed by atoms with Crippen molar-refractivity contribution >= 4 is 11.3 Å². The molecule has 0 bridgehead atoms. The standard InChI is InChI=1S/C14H14FNOS/c1-8-7-9(5-6-10(8)15)14-16-11-3-2-4-12(17)13(11)18-14/h5-7,12,17H,2-4H2,1H3. The Hall–Kier alpha value is -1.26. The van der Waals surface area contributed by atoms with E-state index in [1.807, 2.05) is 6.07 Å². The number of thiazole rings is 1. The van der Waals surface area contributed by atoms with Crippen LogP contribution >= 0.6 is 11.3 Å². The summed E-state index contributed by atoms with van der Waals surface area (Å²) in [4.78, 5) is 5.56. The molecule has 1 aromatic carbocycles. The summed E-state index contributed by atoms with van der Waals surface area (Å²) in [6, 6.07) is 5.03. The highest BCUT2D eigenvalue weighted by atomic mass is 32.1. The molecule has 0 fully saturated rings. The Bertz CT molecular complexity index is 593. The normalized spacial score (nSPS) is 18.7. The van der Waals surface area contributed by atoms with Gasteiger partial charge in [0.25, 0.3) is 0 Å². The molecule has 1 unspecified atom stereocenters. The molecule has 1 aliphatic rings. The minimum absolute atomic E-state index is 0.194. The van der Waals surface area contributed by atoms with Crippen molar-refractivity contribution in [2.24, 2.45) is 0 Å². The zero-order chi connectivity index (χ0) is 12.7. The number of benzene rings is 1. The Labute approximate surface area is 109 Å². The van der Waals surface area contributed by atoms with Gasteiger partial charge in [0.1, 0.15) is 10.8 Å². The molecule has 3 rings (SSSR count). The van der Waals surface area contributed by atoms with Crippen molar-refractivity contribution in [1.29, 1.82) is 0 Å². The van der Waals surface area contributed by atoms with Gasteiger partial charge in [-0.05, 0) is 49.9 Å². The van der Waals surface area contributed by atoms with Gasteiger partial charge in [0.15, 0.2) is 0 Å². The number of rotatable bonds is 1. The summed E-state index contributed by atoms with van der Waals surface area (Å²) >= 11 is 1.53. The number of halogens is 1. The average Bonchev–Trinajstić information content (AvgIpc) is 2.78. The van der Waals surface area contributed by atoms with Crippen LogP contribution in [-0.4, -0.2) is 10.1 Å². The van der Waals surface area contributed by atoms with Gasteiger partial charge in [0.05, 0.1) is 16.7 Å². The van der Waals surface area contributed by atoms with Crippen LogP contribution < -0.4 is 0 Å². The molecule has 0 aliphatic heterocycles. The highest BCUT2D eigenvalue weighted by Crippen LogP contribution is 2.37. The Balaban J connectivity index is 2.04. The lowest BCUT2D eigenvalue weighted by molar-refractivity contribution is 0.160. The minimum Gasteiger partial charge on any atom is -0.388 e. The van der Waals surface area contributed by atoms with Crippen LogP contribution in [0.3, 0.4) is 0 Å². The second-order valence-corrected chi connectivity index (χ2v) is 5.73. The third-order valence-corrected chi connectivity index (χ3v) is 4.57. The van der Waals surface area contributed by atoms with E-state index in [2.05, 4.69) is 4.98 Å². The lowest BCUT2D eigenvalue weighted by Crippen LogP contribution is -2.06. The molecule has 4 heteroatoms. The van der Waals surface area contributed by atoms with E-state index in [0.29, 0.717) is 5.56 Å². The molecule has 1 aliphatic carbocycles. The van der Waals surface area contributed by atoms with E-state index in [9.17, 15) is 9.50 Å². The van der Waals surface area contributed by atoms with Crippen molar-refractivity contribution < 1.29 is 9.50 Å². The summed E-state index contributed by atoms with van der Waals surface area (Å²) in [5.74, 6) is -0.194. The summed E-state index contributed by atoms with van der Waals surface area (Å²) in [6.45, 7) is 1.75. The van der Waals surface area contributed by atoms with Crippen LogP contribution in [-0.2, 0) is 6.42 Å². The minimum atomic E-state index is -0.374. The maximum atomic E-state index is 13.2. The summed E-state index contributed by atoms with van der Waals surface area (Å²) in [6.07, 6.45) is 2.36. The first-order valence-corrected chi connectivity index (χ1v) is 6.91. The van der Waals surface area contributed by atoms with Gasteiger partial charge in [-0.25, -0.2) is 9.37 Å². The third-order valence-electron chi connectivity index (χ3n) is 3.33. The highest BCUT2D eigenvalue weighted by Gasteiger charge is 2.23. The number of fused-ring (bicyclic) bond motifs is 1. The Morgan fingerprint density at radius 1 is 1.44 bits per heavy atom. The molecule has 1 atom stereocenters. The van der Waals surface area contributed by atoms with Gasteiger partial charge in [0.2, 0.25) is 0 Å². The summed E-state index contributed by atoms with van der Waals surface area (Å²) in [5, 5.41) is 10.8. The SMILES string of the molecule is Cc1cc(-c2nc3c(s2)C(O)CCC3)ccc1F. The topological polar surface area (TPSA) is 33.1 Å². The van der Waals surface area contributed by atoms with E-state index >= 15 is 0 Å². The van der Waals surface area contributed by atoms with Crippen molar-refractivity contribution in [3.63, 3.8) is 0 Å². The van der Waals surface area contributed by atoms with E-state index in [1.165, 1.54) is 17.4 Å². The Kier molecular flexibility index (Phi) is 2.92. The molecule has 1 heterocycles.